The molecular formula is C7H2F3IN2O4. The van der Waals surface area contributed by atoms with Crippen LogP contribution in [-0.4, -0.2) is 22.6 Å². The van der Waals surface area contributed by atoms with Crippen LogP contribution >= 0.6 is 22.6 Å². The monoisotopic (exact) mass is 362 g/mol. The molecule has 0 aliphatic heterocycles. The number of ether oxygens (including phenoxy) is 1. The Labute approximate surface area is 105 Å². The third-order valence-electron chi connectivity index (χ3n) is 1.51. The second-order valence-electron chi connectivity index (χ2n) is 2.60. The Morgan fingerprint density at radius 3 is 2.53 bits per heavy atom. The van der Waals surface area contributed by atoms with Crippen LogP contribution in [0.3, 0.4) is 0 Å². The zero-order valence-electron chi connectivity index (χ0n) is 7.69. The highest BCUT2D eigenvalue weighted by Crippen LogP contribution is 2.34. The Morgan fingerprint density at radius 1 is 1.53 bits per heavy atom. The largest absolute Gasteiger partial charge is 0.573 e. The van der Waals surface area contributed by atoms with Gasteiger partial charge in [-0.15, -0.1) is 13.2 Å². The van der Waals surface area contributed by atoms with Crippen molar-refractivity contribution < 1.29 is 27.6 Å². The predicted octanol–water partition coefficient (Wildman–Crippen LogP) is 2.31. The second-order valence-corrected chi connectivity index (χ2v) is 3.76. The van der Waals surface area contributed by atoms with Gasteiger partial charge in [-0.3, -0.25) is 4.79 Å². The lowest BCUT2D eigenvalue weighted by atomic mass is 10.2. The zero-order chi connectivity index (χ0) is 13.2. The number of hydrogen-bond acceptors (Lipinski definition) is 5. The van der Waals surface area contributed by atoms with Gasteiger partial charge in [0.1, 0.15) is 0 Å². The molecule has 0 amide bonds. The maximum Gasteiger partial charge on any atom is 0.573 e. The molecule has 17 heavy (non-hydrogen) atoms. The van der Waals surface area contributed by atoms with Gasteiger partial charge >= 0.3 is 12.2 Å². The molecule has 0 spiro atoms. The van der Waals surface area contributed by atoms with E-state index in [0.717, 1.165) is 6.20 Å². The van der Waals surface area contributed by atoms with Crippen LogP contribution in [0.4, 0.5) is 19.0 Å². The predicted molar refractivity (Wildman–Crippen MR) is 55.7 cm³/mol. The molecule has 0 saturated carbocycles. The van der Waals surface area contributed by atoms with E-state index in [0.29, 0.717) is 0 Å². The number of aromatic nitrogens is 1. The summed E-state index contributed by atoms with van der Waals surface area (Å²) in [7, 11) is 0. The lowest BCUT2D eigenvalue weighted by Crippen LogP contribution is -2.19. The number of alkyl halides is 3. The average Bonchev–Trinajstić information content (AvgIpc) is 2.15. The first-order valence-electron chi connectivity index (χ1n) is 3.80. The number of aldehydes is 1. The molecule has 0 saturated heterocycles. The van der Waals surface area contributed by atoms with Crippen molar-refractivity contribution in [1.29, 1.82) is 0 Å². The molecule has 0 atom stereocenters. The third kappa shape index (κ3) is 3.25. The number of rotatable bonds is 3. The Kier molecular flexibility index (Phi) is 3.85. The minimum Gasteiger partial charge on any atom is -0.396 e. The smallest absolute Gasteiger partial charge is 0.396 e. The van der Waals surface area contributed by atoms with E-state index in [1.807, 2.05) is 0 Å². The quantitative estimate of drug-likeness (QED) is 0.357. The molecule has 1 heterocycles. The van der Waals surface area contributed by atoms with E-state index in [1.165, 1.54) is 22.6 Å². The van der Waals surface area contributed by atoms with Crippen LogP contribution in [0.5, 0.6) is 5.75 Å². The van der Waals surface area contributed by atoms with Crippen molar-refractivity contribution in [2.45, 2.75) is 6.36 Å². The average molecular weight is 362 g/mol. The molecule has 0 aliphatic rings. The van der Waals surface area contributed by atoms with Crippen LogP contribution in [0, 0.1) is 13.7 Å². The Balaban J connectivity index is 3.44. The number of pyridine rings is 1. The van der Waals surface area contributed by atoms with Gasteiger partial charge in [-0.25, -0.2) is 0 Å². The Morgan fingerprint density at radius 2 is 2.12 bits per heavy atom. The Hall–Kier alpha value is -1.46. The van der Waals surface area contributed by atoms with Gasteiger partial charge in [0.2, 0.25) is 5.75 Å². The summed E-state index contributed by atoms with van der Waals surface area (Å²) in [6, 6.07) is 0. The minimum atomic E-state index is -5.14. The molecular weight excluding hydrogens is 360 g/mol. The summed E-state index contributed by atoms with van der Waals surface area (Å²) in [6.07, 6.45) is -4.20. The molecule has 10 heteroatoms. The topological polar surface area (TPSA) is 82.3 Å². The molecule has 1 rings (SSSR count). The second kappa shape index (κ2) is 4.81. The number of carbonyl (C=O) groups is 1. The SMILES string of the molecule is O=Cc1c(I)cnc([N+](=O)[O-])c1OC(F)(F)F. The molecule has 0 fully saturated rings. The van der Waals surface area contributed by atoms with Gasteiger partial charge in [-0.1, -0.05) is 0 Å². The van der Waals surface area contributed by atoms with E-state index >= 15 is 0 Å². The highest BCUT2D eigenvalue weighted by molar-refractivity contribution is 14.1. The summed E-state index contributed by atoms with van der Waals surface area (Å²) in [4.78, 5) is 23.1. The third-order valence-corrected chi connectivity index (χ3v) is 2.37. The summed E-state index contributed by atoms with van der Waals surface area (Å²) in [6.45, 7) is 0. The highest BCUT2D eigenvalue weighted by atomic mass is 127. The van der Waals surface area contributed by atoms with Gasteiger partial charge < -0.3 is 14.9 Å². The molecule has 0 unspecified atom stereocenters. The van der Waals surface area contributed by atoms with E-state index in [4.69, 9.17) is 0 Å². The number of carbonyl (C=O) groups excluding carboxylic acids is 1. The van der Waals surface area contributed by atoms with Crippen LogP contribution in [0.25, 0.3) is 0 Å². The molecule has 0 N–H and O–H groups in total. The van der Waals surface area contributed by atoms with E-state index in [2.05, 4.69) is 9.72 Å². The van der Waals surface area contributed by atoms with E-state index in [1.54, 1.807) is 0 Å². The minimum absolute atomic E-state index is 0.0162. The molecule has 92 valence electrons. The van der Waals surface area contributed by atoms with Gasteiger partial charge in [-0.2, -0.15) is 0 Å². The van der Waals surface area contributed by atoms with Crippen molar-refractivity contribution >= 4 is 34.7 Å². The van der Waals surface area contributed by atoms with Crippen molar-refractivity contribution in [2.24, 2.45) is 0 Å². The van der Waals surface area contributed by atoms with Crippen LogP contribution in [0.2, 0.25) is 0 Å². The van der Waals surface area contributed by atoms with E-state index < -0.39 is 28.4 Å². The lowest BCUT2D eigenvalue weighted by Gasteiger charge is -2.10. The fourth-order valence-electron chi connectivity index (χ4n) is 0.931. The summed E-state index contributed by atoms with van der Waals surface area (Å²) >= 11 is 1.51. The van der Waals surface area contributed by atoms with Crippen LogP contribution in [0.15, 0.2) is 6.20 Å². The zero-order valence-corrected chi connectivity index (χ0v) is 9.85. The van der Waals surface area contributed by atoms with Gasteiger partial charge in [0.25, 0.3) is 0 Å². The number of hydrogen-bond donors (Lipinski definition) is 0. The van der Waals surface area contributed by atoms with Gasteiger partial charge in [0.15, 0.2) is 12.5 Å². The van der Waals surface area contributed by atoms with Crippen molar-refractivity contribution in [1.82, 2.24) is 4.98 Å². The first-order valence-corrected chi connectivity index (χ1v) is 4.88. The van der Waals surface area contributed by atoms with Crippen LogP contribution < -0.4 is 4.74 Å². The first-order chi connectivity index (χ1) is 7.76. The molecule has 1 aromatic rings. The highest BCUT2D eigenvalue weighted by Gasteiger charge is 2.37. The molecule has 0 radical (unpaired) electrons. The molecule has 0 aromatic carbocycles. The van der Waals surface area contributed by atoms with Crippen molar-refractivity contribution in [3.63, 3.8) is 0 Å². The van der Waals surface area contributed by atoms with Crippen molar-refractivity contribution in [2.75, 3.05) is 0 Å². The maximum absolute atomic E-state index is 12.0. The number of nitrogens with zero attached hydrogens (tertiary/aromatic N) is 2. The molecule has 0 aliphatic carbocycles. The first kappa shape index (κ1) is 13.6. The van der Waals surface area contributed by atoms with Crippen LogP contribution in [0.1, 0.15) is 10.4 Å². The fourth-order valence-corrected chi connectivity index (χ4v) is 1.44. The fraction of sp³-hybridized carbons (Fsp3) is 0.143. The summed E-state index contributed by atoms with van der Waals surface area (Å²) in [5.74, 6) is -2.37. The maximum atomic E-state index is 12.0. The van der Waals surface area contributed by atoms with Gasteiger partial charge in [-0.05, 0) is 32.5 Å². The summed E-state index contributed by atoms with van der Waals surface area (Å²) in [5, 5.41) is 10.5. The van der Waals surface area contributed by atoms with Gasteiger partial charge in [0, 0.05) is 0 Å². The summed E-state index contributed by atoms with van der Waals surface area (Å²) in [5.41, 5.74) is -0.565. The molecule has 1 aromatic heterocycles. The lowest BCUT2D eigenvalue weighted by molar-refractivity contribution is -0.393. The van der Waals surface area contributed by atoms with E-state index in [9.17, 15) is 28.1 Å². The number of nitro groups is 1. The van der Waals surface area contributed by atoms with Gasteiger partial charge in [0.05, 0.1) is 9.13 Å². The van der Waals surface area contributed by atoms with Crippen molar-refractivity contribution in [3.05, 3.63) is 25.4 Å². The normalized spacial score (nSPS) is 11.1. The molecule has 6 nitrogen and oxygen atoms in total. The Bertz CT molecular complexity index is 477. The summed E-state index contributed by atoms with van der Waals surface area (Å²) < 4.78 is 39.6. The van der Waals surface area contributed by atoms with Crippen molar-refractivity contribution in [3.8, 4) is 5.75 Å². The van der Waals surface area contributed by atoms with E-state index in [-0.39, 0.29) is 9.86 Å². The number of halogens is 4. The standard InChI is InChI=1S/C7H2F3IN2O4/c8-7(9,10)17-5-3(2-14)4(11)1-12-6(5)13(15)16/h1-2H. The van der Waals surface area contributed by atoms with Crippen LogP contribution in [-0.2, 0) is 0 Å². The molecule has 0 bridgehead atoms.